The number of carboxylic acid groups (broad SMARTS) is 1. The quantitative estimate of drug-likeness (QED) is 0.369. The van der Waals surface area contributed by atoms with Crippen molar-refractivity contribution in [3.8, 4) is 0 Å². The molecule has 0 aromatic rings. The summed E-state index contributed by atoms with van der Waals surface area (Å²) in [7, 11) is 1.60. The van der Waals surface area contributed by atoms with Gasteiger partial charge in [-0.1, -0.05) is 60.6 Å². The Labute approximate surface area is 200 Å². The Morgan fingerprint density at radius 3 is 1.94 bits per heavy atom. The maximum atomic E-state index is 12.7. The predicted octanol–water partition coefficient (Wildman–Crippen LogP) is 3.06. The van der Waals surface area contributed by atoms with Crippen LogP contribution in [0.4, 0.5) is 0 Å². The van der Waals surface area contributed by atoms with Gasteiger partial charge in [-0.25, -0.2) is 4.79 Å². The van der Waals surface area contributed by atoms with Crippen LogP contribution in [0.15, 0.2) is 11.6 Å². The number of carboxylic acids is 1. The van der Waals surface area contributed by atoms with Gasteiger partial charge in [0, 0.05) is 46.0 Å². The number of nitrogens with one attached hydrogen (secondary N) is 2. The third-order valence-corrected chi connectivity index (χ3v) is 5.02. The number of carbonyl (C=O) groups is 4. The maximum Gasteiger partial charge on any atom is 0.326 e. The molecule has 0 radical (unpaired) electrons. The second kappa shape index (κ2) is 13.1. The average Bonchev–Trinajstić information content (AvgIpc) is 2.61. The van der Waals surface area contributed by atoms with E-state index in [9.17, 15) is 24.3 Å². The molecule has 0 aliphatic heterocycles. The van der Waals surface area contributed by atoms with Crippen molar-refractivity contribution >= 4 is 23.6 Å². The number of aliphatic carboxylic acids is 1. The van der Waals surface area contributed by atoms with Gasteiger partial charge in [0.15, 0.2) is 0 Å². The molecular formula is C22H38N3O5W-. The molecule has 0 aliphatic rings. The van der Waals surface area contributed by atoms with Crippen LogP contribution in [0.25, 0.3) is 5.73 Å². The number of hydrogen-bond acceptors (Lipinski definition) is 4. The smallest absolute Gasteiger partial charge is 0.326 e. The molecule has 3 N–H and O–H groups in total. The zero-order valence-corrected chi connectivity index (χ0v) is 23.0. The van der Waals surface area contributed by atoms with Crippen molar-refractivity contribution in [1.29, 1.82) is 0 Å². The molecule has 0 aliphatic carbocycles. The molecule has 1 unspecified atom stereocenters. The van der Waals surface area contributed by atoms with Crippen molar-refractivity contribution < 1.29 is 45.3 Å². The number of hydrogen-bond donors (Lipinski definition) is 2. The van der Waals surface area contributed by atoms with E-state index in [4.69, 9.17) is 5.73 Å². The van der Waals surface area contributed by atoms with Crippen LogP contribution < -0.4 is 5.32 Å². The average molecular weight is 608 g/mol. The summed E-state index contributed by atoms with van der Waals surface area (Å²) < 4.78 is 0. The predicted molar refractivity (Wildman–Crippen MR) is 117 cm³/mol. The van der Waals surface area contributed by atoms with Gasteiger partial charge < -0.3 is 21.1 Å². The SMILES string of the molecule is C/C(=C\[C@H](C(C)C)N(C)C(=O)[C@@H]([NH-])C(C)(C)C)C(=O)NC(CC(=O)C(C)C)C(=O)O.[W]. The van der Waals surface area contributed by atoms with Crippen molar-refractivity contribution in [3.63, 3.8) is 0 Å². The number of amides is 2. The van der Waals surface area contributed by atoms with Gasteiger partial charge in [-0.05, 0) is 18.3 Å². The Hall–Kier alpha value is -1.53. The second-order valence-corrected chi connectivity index (χ2v) is 9.52. The van der Waals surface area contributed by atoms with Gasteiger partial charge in [-0.2, -0.15) is 0 Å². The van der Waals surface area contributed by atoms with Gasteiger partial charge >= 0.3 is 5.97 Å². The Balaban J connectivity index is 0. The van der Waals surface area contributed by atoms with Gasteiger partial charge in [-0.3, -0.25) is 14.4 Å². The van der Waals surface area contributed by atoms with Gasteiger partial charge in [0.05, 0.1) is 6.04 Å². The largest absolute Gasteiger partial charge is 0.666 e. The molecular weight excluding hydrogens is 570 g/mol. The number of likely N-dealkylation sites (N-methyl/N-ethyl adjacent to an activating group) is 1. The minimum Gasteiger partial charge on any atom is -0.666 e. The fraction of sp³-hybridized carbons (Fsp3) is 0.727. The standard InChI is InChI=1S/C22H38N3O5.W/c1-12(2)16(25(9)20(28)18(23)22(6,7)8)10-14(5)19(27)24-15(21(29)30)11-17(26)13(3)4;/h10,12-13,15-16,18,23H,11H2,1-9H3,(H,24,27)(H,29,30);/q-1;/b14-10+;/t15?,16-,18-;/m1./s1. The zero-order chi connectivity index (χ0) is 24.0. The Kier molecular flexibility index (Phi) is 13.4. The molecule has 8 nitrogen and oxygen atoms in total. The second-order valence-electron chi connectivity index (χ2n) is 9.52. The topological polar surface area (TPSA) is 128 Å². The molecule has 178 valence electrons. The third kappa shape index (κ3) is 10.1. The number of nitrogens with zero attached hydrogens (tertiary/aromatic N) is 1. The number of rotatable bonds is 10. The first-order valence-corrected chi connectivity index (χ1v) is 10.2. The van der Waals surface area contributed by atoms with E-state index in [1.165, 1.54) is 11.8 Å². The normalized spacial score (nSPS) is 15.0. The van der Waals surface area contributed by atoms with Gasteiger partial charge in [0.2, 0.25) is 11.8 Å². The van der Waals surface area contributed by atoms with Crippen LogP contribution in [0.3, 0.4) is 0 Å². The molecule has 0 saturated carbocycles. The summed E-state index contributed by atoms with van der Waals surface area (Å²) in [5.41, 5.74) is 7.93. The molecule has 0 rings (SSSR count). The summed E-state index contributed by atoms with van der Waals surface area (Å²) in [5.74, 6) is -2.85. The Morgan fingerprint density at radius 2 is 1.58 bits per heavy atom. The summed E-state index contributed by atoms with van der Waals surface area (Å²) in [6.45, 7) is 14.1. The van der Waals surface area contributed by atoms with E-state index in [1.807, 2.05) is 34.6 Å². The molecule has 31 heavy (non-hydrogen) atoms. The molecule has 0 heterocycles. The first-order chi connectivity index (χ1) is 13.5. The first kappa shape index (κ1) is 31.7. The van der Waals surface area contributed by atoms with E-state index in [0.29, 0.717) is 0 Å². The van der Waals surface area contributed by atoms with Gasteiger partial charge in [-0.15, -0.1) is 0 Å². The zero-order valence-electron chi connectivity index (χ0n) is 20.1. The Morgan fingerprint density at radius 1 is 1.10 bits per heavy atom. The van der Waals surface area contributed by atoms with E-state index in [1.54, 1.807) is 27.0 Å². The number of carbonyl (C=O) groups excluding carboxylic acids is 3. The summed E-state index contributed by atoms with van der Waals surface area (Å²) >= 11 is 0. The van der Waals surface area contributed by atoms with Crippen molar-refractivity contribution in [2.45, 2.75) is 79.9 Å². The molecule has 2 amide bonds. The van der Waals surface area contributed by atoms with Crippen LogP contribution >= 0.6 is 0 Å². The van der Waals surface area contributed by atoms with Crippen molar-refractivity contribution in [3.05, 3.63) is 17.4 Å². The number of ketones is 1. The molecule has 9 heteroatoms. The minimum absolute atomic E-state index is 0. The molecule has 0 aromatic carbocycles. The summed E-state index contributed by atoms with van der Waals surface area (Å²) in [5, 5.41) is 11.7. The van der Waals surface area contributed by atoms with Crippen LogP contribution in [-0.4, -0.2) is 58.7 Å². The fourth-order valence-corrected chi connectivity index (χ4v) is 2.71. The van der Waals surface area contributed by atoms with E-state index in [-0.39, 0.29) is 56.6 Å². The fourth-order valence-electron chi connectivity index (χ4n) is 2.71. The van der Waals surface area contributed by atoms with Crippen LogP contribution in [0, 0.1) is 17.3 Å². The van der Waals surface area contributed by atoms with Gasteiger partial charge in [0.25, 0.3) is 0 Å². The molecule has 0 saturated heterocycles. The van der Waals surface area contributed by atoms with Crippen molar-refractivity contribution in [2.75, 3.05) is 7.05 Å². The third-order valence-electron chi connectivity index (χ3n) is 5.02. The van der Waals surface area contributed by atoms with Crippen molar-refractivity contribution in [1.82, 2.24) is 10.2 Å². The summed E-state index contributed by atoms with van der Waals surface area (Å²) in [6, 6.07) is -2.71. The minimum atomic E-state index is -1.31. The van der Waals surface area contributed by atoms with E-state index < -0.39 is 35.4 Å². The Bertz CT molecular complexity index is 683. The maximum absolute atomic E-state index is 12.7. The molecule has 0 spiro atoms. The van der Waals surface area contributed by atoms with Crippen molar-refractivity contribution in [2.24, 2.45) is 17.3 Å². The van der Waals surface area contributed by atoms with Crippen LogP contribution in [0.2, 0.25) is 0 Å². The molecule has 3 atom stereocenters. The first-order valence-electron chi connectivity index (χ1n) is 10.2. The summed E-state index contributed by atoms with van der Waals surface area (Å²) in [4.78, 5) is 50.1. The van der Waals surface area contributed by atoms with E-state index in [0.717, 1.165) is 0 Å². The summed E-state index contributed by atoms with van der Waals surface area (Å²) in [6.07, 6.45) is 1.32. The van der Waals surface area contributed by atoms with Crippen LogP contribution in [0.5, 0.6) is 0 Å². The monoisotopic (exact) mass is 608 g/mol. The molecule has 0 aromatic heterocycles. The van der Waals surface area contributed by atoms with E-state index in [2.05, 4.69) is 5.32 Å². The number of Topliss-reactive ketones (excluding diaryl/α,β-unsaturated/α-hetero) is 1. The molecule has 0 fully saturated rings. The van der Waals surface area contributed by atoms with Crippen LogP contribution in [0.1, 0.15) is 61.8 Å². The van der Waals surface area contributed by atoms with Crippen LogP contribution in [-0.2, 0) is 40.2 Å². The molecule has 0 bridgehead atoms. The van der Waals surface area contributed by atoms with E-state index >= 15 is 0 Å². The van der Waals surface area contributed by atoms with Gasteiger partial charge in [0.1, 0.15) is 11.8 Å².